The number of rotatable bonds is 5. The number of aromatic carboxylic acids is 1. The van der Waals surface area contributed by atoms with Gasteiger partial charge in [0, 0.05) is 19.3 Å². The van der Waals surface area contributed by atoms with Crippen molar-refractivity contribution < 1.29 is 28.2 Å². The van der Waals surface area contributed by atoms with E-state index in [0.717, 1.165) is 12.1 Å². The van der Waals surface area contributed by atoms with Gasteiger partial charge in [-0.1, -0.05) is 6.07 Å². The van der Waals surface area contributed by atoms with Gasteiger partial charge < -0.3 is 20.1 Å². The van der Waals surface area contributed by atoms with Crippen LogP contribution in [0.15, 0.2) is 36.7 Å². The molecular formula is C24H26F2N6O4. The van der Waals surface area contributed by atoms with E-state index in [4.69, 9.17) is 4.74 Å². The van der Waals surface area contributed by atoms with Gasteiger partial charge in [-0.05, 0) is 51.8 Å². The number of benzene rings is 1. The van der Waals surface area contributed by atoms with Crippen molar-refractivity contribution in [2.75, 3.05) is 18.4 Å². The first-order chi connectivity index (χ1) is 17.0. The fraction of sp³-hybridized carbons (Fsp3) is 0.375. The Kier molecular flexibility index (Phi) is 6.86. The first-order valence-electron chi connectivity index (χ1n) is 11.4. The molecule has 3 heterocycles. The summed E-state index contributed by atoms with van der Waals surface area (Å²) in [4.78, 5) is 25.6. The Morgan fingerprint density at radius 1 is 1.14 bits per heavy atom. The molecule has 0 saturated carbocycles. The molecule has 10 nitrogen and oxygen atoms in total. The van der Waals surface area contributed by atoms with E-state index in [2.05, 4.69) is 20.6 Å². The van der Waals surface area contributed by atoms with Gasteiger partial charge in [0.05, 0.1) is 29.2 Å². The minimum absolute atomic E-state index is 0.00875. The maximum Gasteiger partial charge on any atom is 0.410 e. The second-order valence-electron chi connectivity index (χ2n) is 9.43. The van der Waals surface area contributed by atoms with Gasteiger partial charge in [0.1, 0.15) is 22.9 Å². The molecule has 1 aliphatic rings. The number of hydrogen-bond acceptors (Lipinski definition) is 7. The number of amides is 1. The number of carbonyl (C=O) groups is 2. The molecule has 2 aromatic heterocycles. The lowest BCUT2D eigenvalue weighted by Gasteiger charge is -2.33. The smallest absolute Gasteiger partial charge is 0.410 e. The van der Waals surface area contributed by atoms with E-state index in [1.54, 1.807) is 15.8 Å². The maximum atomic E-state index is 14.2. The molecule has 0 aliphatic carbocycles. The fourth-order valence-electron chi connectivity index (χ4n) is 3.91. The molecule has 1 amide bonds. The van der Waals surface area contributed by atoms with Crippen LogP contribution >= 0.6 is 0 Å². The summed E-state index contributed by atoms with van der Waals surface area (Å²) >= 11 is 0. The van der Waals surface area contributed by atoms with E-state index in [0.29, 0.717) is 31.6 Å². The number of hydrogen-bond donors (Lipinski definition) is 2. The van der Waals surface area contributed by atoms with Gasteiger partial charge in [0.2, 0.25) is 0 Å². The summed E-state index contributed by atoms with van der Waals surface area (Å²) in [5.41, 5.74) is -1.06. The van der Waals surface area contributed by atoms with Crippen molar-refractivity contribution in [3.63, 3.8) is 0 Å². The van der Waals surface area contributed by atoms with Crippen LogP contribution in [0.3, 0.4) is 0 Å². The summed E-state index contributed by atoms with van der Waals surface area (Å²) in [7, 11) is 0. The molecule has 1 aliphatic heterocycles. The highest BCUT2D eigenvalue weighted by atomic mass is 19.1. The summed E-state index contributed by atoms with van der Waals surface area (Å²) < 4.78 is 35.6. The Hall–Kier alpha value is -4.09. The van der Waals surface area contributed by atoms with Crippen LogP contribution in [0.5, 0.6) is 0 Å². The van der Waals surface area contributed by atoms with Crippen molar-refractivity contribution >= 4 is 23.4 Å². The molecule has 4 rings (SSSR count). The summed E-state index contributed by atoms with van der Waals surface area (Å²) in [6.07, 6.45) is 4.18. The van der Waals surface area contributed by atoms with E-state index in [1.807, 2.05) is 20.8 Å². The van der Waals surface area contributed by atoms with Gasteiger partial charge in [-0.15, -0.1) is 10.2 Å². The van der Waals surface area contributed by atoms with Crippen molar-refractivity contribution in [2.45, 2.75) is 45.3 Å². The number of likely N-dealkylation sites (tertiary alicyclic amines) is 1. The number of piperidine rings is 1. The van der Waals surface area contributed by atoms with Crippen molar-refractivity contribution in [2.24, 2.45) is 0 Å². The van der Waals surface area contributed by atoms with Crippen LogP contribution in [0.1, 0.15) is 50.1 Å². The summed E-state index contributed by atoms with van der Waals surface area (Å²) in [6, 6.07) is 4.64. The molecule has 0 radical (unpaired) electrons. The van der Waals surface area contributed by atoms with E-state index < -0.39 is 34.5 Å². The van der Waals surface area contributed by atoms with Gasteiger partial charge in [-0.25, -0.2) is 18.4 Å². The minimum Gasteiger partial charge on any atom is -0.476 e. The number of nitrogens with one attached hydrogen (secondary N) is 1. The Morgan fingerprint density at radius 3 is 2.42 bits per heavy atom. The van der Waals surface area contributed by atoms with Crippen LogP contribution in [-0.4, -0.2) is 60.7 Å². The van der Waals surface area contributed by atoms with Crippen LogP contribution in [0.25, 0.3) is 11.3 Å². The SMILES string of the molecule is CC(C)(C)OC(=O)N1CCC(n2cc(Nc3cc(-c4c(F)cccc4F)nnc3C(=O)O)cn2)CC1. The molecule has 1 saturated heterocycles. The molecule has 1 fully saturated rings. The standard InChI is InChI=1S/C24H26F2N6O4/c1-24(2,3)36-23(35)31-9-7-15(8-10-31)32-13-14(12-27-32)28-19-11-18(29-30-21(19)22(33)34)20-16(25)5-4-6-17(20)26/h4-6,11-13,15H,7-10H2,1-3H3,(H,28,29)(H,33,34). The molecule has 0 bridgehead atoms. The molecule has 3 aromatic rings. The molecular weight excluding hydrogens is 474 g/mol. The number of anilines is 2. The third kappa shape index (κ3) is 5.58. The summed E-state index contributed by atoms with van der Waals surface area (Å²) in [6.45, 7) is 6.48. The molecule has 2 N–H and O–H groups in total. The van der Waals surface area contributed by atoms with Crippen molar-refractivity contribution in [1.29, 1.82) is 0 Å². The third-order valence-electron chi connectivity index (χ3n) is 5.59. The summed E-state index contributed by atoms with van der Waals surface area (Å²) in [5.74, 6) is -3.04. The molecule has 0 unspecified atom stereocenters. The number of carboxylic acids is 1. The van der Waals surface area contributed by atoms with Crippen LogP contribution < -0.4 is 5.32 Å². The Bertz CT molecular complexity index is 1260. The minimum atomic E-state index is -1.35. The highest BCUT2D eigenvalue weighted by molar-refractivity contribution is 5.93. The highest BCUT2D eigenvalue weighted by Crippen LogP contribution is 2.30. The number of aromatic nitrogens is 4. The zero-order chi connectivity index (χ0) is 26.0. The second-order valence-corrected chi connectivity index (χ2v) is 9.43. The Balaban J connectivity index is 1.50. The third-order valence-corrected chi connectivity index (χ3v) is 5.59. The average molecular weight is 501 g/mol. The van der Waals surface area contributed by atoms with Crippen LogP contribution in [0.2, 0.25) is 0 Å². The lowest BCUT2D eigenvalue weighted by atomic mass is 10.1. The quantitative estimate of drug-likeness (QED) is 0.520. The molecule has 0 atom stereocenters. The van der Waals surface area contributed by atoms with E-state index in [1.165, 1.54) is 18.3 Å². The molecule has 1 aromatic carbocycles. The van der Waals surface area contributed by atoms with Gasteiger partial charge in [0.25, 0.3) is 0 Å². The number of nitrogens with zero attached hydrogens (tertiary/aromatic N) is 5. The topological polar surface area (TPSA) is 122 Å². The zero-order valence-corrected chi connectivity index (χ0v) is 20.0. The van der Waals surface area contributed by atoms with E-state index >= 15 is 0 Å². The van der Waals surface area contributed by atoms with Gasteiger partial charge in [-0.3, -0.25) is 4.68 Å². The number of ether oxygens (including phenoxy) is 1. The van der Waals surface area contributed by atoms with E-state index in [-0.39, 0.29) is 23.5 Å². The lowest BCUT2D eigenvalue weighted by Crippen LogP contribution is -2.42. The highest BCUT2D eigenvalue weighted by Gasteiger charge is 2.28. The van der Waals surface area contributed by atoms with Crippen molar-refractivity contribution in [1.82, 2.24) is 24.9 Å². The molecule has 190 valence electrons. The van der Waals surface area contributed by atoms with Gasteiger partial charge in [-0.2, -0.15) is 5.10 Å². The normalized spacial score (nSPS) is 14.5. The number of carbonyl (C=O) groups excluding carboxylic acids is 1. The largest absolute Gasteiger partial charge is 0.476 e. The Morgan fingerprint density at radius 2 is 1.81 bits per heavy atom. The number of carboxylic acid groups (broad SMARTS) is 1. The molecule has 0 spiro atoms. The van der Waals surface area contributed by atoms with Crippen molar-refractivity contribution in [3.05, 3.63) is 54.0 Å². The molecule has 36 heavy (non-hydrogen) atoms. The van der Waals surface area contributed by atoms with Gasteiger partial charge >= 0.3 is 12.1 Å². The molecule has 12 heteroatoms. The van der Waals surface area contributed by atoms with Crippen LogP contribution in [0.4, 0.5) is 25.0 Å². The maximum absolute atomic E-state index is 14.2. The van der Waals surface area contributed by atoms with Crippen LogP contribution in [-0.2, 0) is 4.74 Å². The van der Waals surface area contributed by atoms with Gasteiger partial charge in [0.15, 0.2) is 5.69 Å². The average Bonchev–Trinajstić information content (AvgIpc) is 3.26. The van der Waals surface area contributed by atoms with Crippen molar-refractivity contribution in [3.8, 4) is 11.3 Å². The van der Waals surface area contributed by atoms with Crippen LogP contribution in [0, 0.1) is 11.6 Å². The fourth-order valence-corrected chi connectivity index (χ4v) is 3.91. The first-order valence-corrected chi connectivity index (χ1v) is 11.4. The summed E-state index contributed by atoms with van der Waals surface area (Å²) in [5, 5.41) is 24.2. The predicted octanol–water partition coefficient (Wildman–Crippen LogP) is 4.63. The first kappa shape index (κ1) is 25.0. The zero-order valence-electron chi connectivity index (χ0n) is 20.0. The lowest BCUT2D eigenvalue weighted by molar-refractivity contribution is 0.0184. The predicted molar refractivity (Wildman–Crippen MR) is 126 cm³/mol. The number of halogens is 2. The van der Waals surface area contributed by atoms with E-state index in [9.17, 15) is 23.5 Å². The second kappa shape index (κ2) is 9.88. The monoisotopic (exact) mass is 500 g/mol. The Labute approximate surface area is 205 Å².